The summed E-state index contributed by atoms with van der Waals surface area (Å²) in [5, 5.41) is 13.2. The summed E-state index contributed by atoms with van der Waals surface area (Å²) >= 11 is 0. The molecule has 2 atom stereocenters. The molecule has 0 spiro atoms. The number of amides is 2. The molecule has 0 fully saturated rings. The molecule has 1 aliphatic rings. The van der Waals surface area contributed by atoms with E-state index in [4.69, 9.17) is 14.7 Å². The molecule has 2 N–H and O–H groups in total. The first-order valence-corrected chi connectivity index (χ1v) is 14.8. The van der Waals surface area contributed by atoms with Crippen LogP contribution in [0.3, 0.4) is 0 Å². The molecule has 2 amide bonds. The molecular formula is C32H46N6O4. The van der Waals surface area contributed by atoms with Crippen molar-refractivity contribution in [1.29, 1.82) is 0 Å². The Balaban J connectivity index is 1.64. The third kappa shape index (κ3) is 7.40. The number of nitrogens with zero attached hydrogens (tertiary/aromatic N) is 5. The number of fused-ring (bicyclic) bond motifs is 2. The van der Waals surface area contributed by atoms with Crippen molar-refractivity contribution >= 4 is 17.8 Å². The van der Waals surface area contributed by atoms with Crippen LogP contribution >= 0.6 is 0 Å². The van der Waals surface area contributed by atoms with E-state index in [1.165, 1.54) is 10.5 Å². The van der Waals surface area contributed by atoms with Gasteiger partial charge in [-0.2, -0.15) is 0 Å². The Morgan fingerprint density at radius 1 is 1.17 bits per heavy atom. The minimum absolute atomic E-state index is 0.162. The van der Waals surface area contributed by atoms with Crippen LogP contribution in [0.5, 0.6) is 0 Å². The molecule has 0 saturated carbocycles. The normalized spacial score (nSPS) is 16.2. The van der Waals surface area contributed by atoms with Gasteiger partial charge < -0.3 is 19.6 Å². The fourth-order valence-corrected chi connectivity index (χ4v) is 5.94. The van der Waals surface area contributed by atoms with Crippen molar-refractivity contribution in [2.24, 2.45) is 5.41 Å². The lowest BCUT2D eigenvalue weighted by Crippen LogP contribution is -2.43. The number of aromatic nitrogens is 3. The smallest absolute Gasteiger partial charge is 0.407 e. The number of alkyl carbamates (subject to hydrolysis) is 1. The summed E-state index contributed by atoms with van der Waals surface area (Å²) in [7, 11) is 2.10. The van der Waals surface area contributed by atoms with Crippen molar-refractivity contribution < 1.29 is 19.4 Å². The van der Waals surface area contributed by atoms with Crippen LogP contribution in [0.2, 0.25) is 0 Å². The fraction of sp³-hybridized carbons (Fsp3) is 0.562. The molecule has 10 heteroatoms. The topological polar surface area (TPSA) is 112 Å². The first-order chi connectivity index (χ1) is 19.8. The van der Waals surface area contributed by atoms with Gasteiger partial charge in [-0.15, -0.1) is 0 Å². The monoisotopic (exact) mass is 578 g/mol. The first kappa shape index (κ1) is 31.3. The molecular weight excluding hydrogens is 532 g/mol. The molecule has 0 aliphatic heterocycles. The summed E-state index contributed by atoms with van der Waals surface area (Å²) in [5.74, 6) is 0. The summed E-state index contributed by atoms with van der Waals surface area (Å²) in [6, 6.07) is 9.69. The predicted molar refractivity (Wildman–Crippen MR) is 162 cm³/mol. The number of hydrogen-bond donors (Lipinski definition) is 2. The summed E-state index contributed by atoms with van der Waals surface area (Å²) in [6.07, 6.45) is 5.88. The van der Waals surface area contributed by atoms with E-state index in [1.807, 2.05) is 41.1 Å². The molecule has 0 bridgehead atoms. The average Bonchev–Trinajstić information content (AvgIpc) is 3.25. The number of ether oxygens (including phenoxy) is 1. The molecule has 2 unspecified atom stereocenters. The second-order valence-electron chi connectivity index (χ2n) is 13.3. The quantitative estimate of drug-likeness (QED) is 0.290. The number of pyridine rings is 2. The molecule has 0 aromatic carbocycles. The Bertz CT molecular complexity index is 1390. The largest absolute Gasteiger partial charge is 0.465 e. The van der Waals surface area contributed by atoms with Gasteiger partial charge in [0.1, 0.15) is 11.2 Å². The third-order valence-corrected chi connectivity index (χ3v) is 7.62. The maximum absolute atomic E-state index is 12.8. The molecule has 10 nitrogen and oxygen atoms in total. The lowest BCUT2D eigenvalue weighted by molar-refractivity contribution is 0.0520. The lowest BCUT2D eigenvalue weighted by atomic mass is 9.82. The standard InChI is InChI=1S/C32H46N6O4/c1-31(2,3)28(38(30(40)41)20-12-18-34-29(39)42-32(4,5)6)27-23(35-25-16-8-9-19-37(25)27)21-36(7)24-15-10-13-22-14-11-17-33-26(22)24/h8-9,11,14,16-17,19,24,28H,10,12-13,15,18,20-21H2,1-7H3,(H,34,39)(H,40,41). The van der Waals surface area contributed by atoms with Crippen molar-refractivity contribution in [1.82, 2.24) is 29.5 Å². The third-order valence-electron chi connectivity index (χ3n) is 7.62. The zero-order chi connectivity index (χ0) is 30.7. The average molecular weight is 579 g/mol. The number of rotatable bonds is 9. The van der Waals surface area contributed by atoms with E-state index in [2.05, 4.69) is 44.1 Å². The van der Waals surface area contributed by atoms with E-state index >= 15 is 0 Å². The number of nitrogens with one attached hydrogen (secondary N) is 1. The maximum Gasteiger partial charge on any atom is 0.407 e. The molecule has 4 rings (SSSR count). The molecule has 0 radical (unpaired) electrons. The van der Waals surface area contributed by atoms with Gasteiger partial charge in [-0.05, 0) is 82.7 Å². The Morgan fingerprint density at radius 2 is 1.93 bits per heavy atom. The fourth-order valence-electron chi connectivity index (χ4n) is 5.94. The van der Waals surface area contributed by atoms with Crippen molar-refractivity contribution in [3.63, 3.8) is 0 Å². The summed E-state index contributed by atoms with van der Waals surface area (Å²) < 4.78 is 7.35. The van der Waals surface area contributed by atoms with Gasteiger partial charge in [0.25, 0.3) is 0 Å². The van der Waals surface area contributed by atoms with E-state index in [1.54, 1.807) is 20.8 Å². The Labute approximate surface area is 249 Å². The van der Waals surface area contributed by atoms with Crippen molar-refractivity contribution in [3.8, 4) is 0 Å². The lowest BCUT2D eigenvalue weighted by Gasteiger charge is -2.39. The first-order valence-electron chi connectivity index (χ1n) is 14.8. The van der Waals surface area contributed by atoms with Crippen LogP contribution in [0.15, 0.2) is 42.7 Å². The van der Waals surface area contributed by atoms with Crippen LogP contribution in [0.1, 0.15) is 95.5 Å². The number of carbonyl (C=O) groups excluding carboxylic acids is 1. The minimum Gasteiger partial charge on any atom is -0.465 e. The summed E-state index contributed by atoms with van der Waals surface area (Å²) in [4.78, 5) is 38.5. The van der Waals surface area contributed by atoms with Crippen LogP contribution in [-0.4, -0.2) is 67.2 Å². The van der Waals surface area contributed by atoms with Gasteiger partial charge in [-0.1, -0.05) is 32.9 Å². The predicted octanol–water partition coefficient (Wildman–Crippen LogP) is 6.22. The van der Waals surface area contributed by atoms with Crippen LogP contribution in [0.4, 0.5) is 9.59 Å². The molecule has 1 aliphatic carbocycles. The Hall–Kier alpha value is -3.66. The summed E-state index contributed by atoms with van der Waals surface area (Å²) in [5.41, 5.74) is 3.86. The number of hydrogen-bond acceptors (Lipinski definition) is 6. The minimum atomic E-state index is -1.01. The second-order valence-corrected chi connectivity index (χ2v) is 13.3. The van der Waals surface area contributed by atoms with Crippen molar-refractivity contribution in [2.45, 2.75) is 91.5 Å². The second kappa shape index (κ2) is 12.7. The van der Waals surface area contributed by atoms with E-state index in [0.29, 0.717) is 19.5 Å². The Kier molecular flexibility index (Phi) is 9.45. The molecule has 3 heterocycles. The van der Waals surface area contributed by atoms with Gasteiger partial charge in [0.2, 0.25) is 0 Å². The van der Waals surface area contributed by atoms with Crippen molar-refractivity contribution in [2.75, 3.05) is 20.1 Å². The van der Waals surface area contributed by atoms with Crippen LogP contribution < -0.4 is 5.32 Å². The molecule has 3 aromatic rings. The molecule has 3 aromatic heterocycles. The number of carboxylic acid groups (broad SMARTS) is 1. The highest BCUT2D eigenvalue weighted by Crippen LogP contribution is 2.41. The van der Waals surface area contributed by atoms with Crippen LogP contribution in [-0.2, 0) is 17.7 Å². The number of imidazole rings is 1. The number of aryl methyl sites for hydroxylation is 1. The van der Waals surface area contributed by atoms with E-state index < -0.39 is 29.2 Å². The Morgan fingerprint density at radius 3 is 2.62 bits per heavy atom. The van der Waals surface area contributed by atoms with Crippen LogP contribution in [0, 0.1) is 5.41 Å². The highest BCUT2D eigenvalue weighted by Gasteiger charge is 2.39. The number of carbonyl (C=O) groups is 2. The highest BCUT2D eigenvalue weighted by molar-refractivity contribution is 5.68. The van der Waals surface area contributed by atoms with Gasteiger partial charge in [0.15, 0.2) is 0 Å². The molecule has 228 valence electrons. The van der Waals surface area contributed by atoms with Gasteiger partial charge in [0, 0.05) is 32.0 Å². The van der Waals surface area contributed by atoms with Crippen LogP contribution in [0.25, 0.3) is 5.65 Å². The van der Waals surface area contributed by atoms with Crippen molar-refractivity contribution in [3.05, 3.63) is 65.4 Å². The molecule has 0 saturated heterocycles. The SMILES string of the molecule is CN(Cc1nc2ccccn2c1C(N(CCCNC(=O)OC(C)(C)C)C(=O)O)C(C)(C)C)C1CCCc2cccnc21. The van der Waals surface area contributed by atoms with E-state index in [0.717, 1.165) is 42.0 Å². The van der Waals surface area contributed by atoms with Gasteiger partial charge in [0.05, 0.1) is 29.2 Å². The zero-order valence-electron chi connectivity index (χ0n) is 26.1. The van der Waals surface area contributed by atoms with E-state index in [9.17, 15) is 14.7 Å². The maximum atomic E-state index is 12.8. The highest BCUT2D eigenvalue weighted by atomic mass is 16.6. The van der Waals surface area contributed by atoms with Gasteiger partial charge in [-0.25, -0.2) is 14.6 Å². The zero-order valence-corrected chi connectivity index (χ0v) is 26.1. The van der Waals surface area contributed by atoms with E-state index in [-0.39, 0.29) is 12.6 Å². The molecule has 42 heavy (non-hydrogen) atoms. The van der Waals surface area contributed by atoms with Gasteiger partial charge in [-0.3, -0.25) is 14.8 Å². The van der Waals surface area contributed by atoms with Gasteiger partial charge >= 0.3 is 12.2 Å². The summed E-state index contributed by atoms with van der Waals surface area (Å²) in [6.45, 7) is 12.7.